The van der Waals surface area contributed by atoms with Gasteiger partial charge in [0.25, 0.3) is 0 Å². The van der Waals surface area contributed by atoms with Gasteiger partial charge in [-0.05, 0) is 92.1 Å². The number of hydrogen-bond donors (Lipinski definition) is 1. The summed E-state index contributed by atoms with van der Waals surface area (Å²) in [6.45, 7) is 7.18. The molecule has 34 heavy (non-hydrogen) atoms. The van der Waals surface area contributed by atoms with Crippen LogP contribution in [0.15, 0.2) is 43.0 Å². The number of rotatable bonds is 8. The smallest absolute Gasteiger partial charge is 0.257 e. The molecular formula is C26H26ClF6N. The van der Waals surface area contributed by atoms with Crippen LogP contribution >= 0.6 is 11.6 Å². The summed E-state index contributed by atoms with van der Waals surface area (Å²) in [6, 6.07) is 2.31. The highest BCUT2D eigenvalue weighted by molar-refractivity contribution is 6.31. The van der Waals surface area contributed by atoms with Crippen LogP contribution in [0.2, 0.25) is 5.02 Å². The molecular weight excluding hydrogens is 476 g/mol. The first-order valence-electron chi connectivity index (χ1n) is 10.8. The Hall–Kier alpha value is -2.25. The van der Waals surface area contributed by atoms with E-state index in [2.05, 4.69) is 6.58 Å². The number of aryl methyl sites for hydroxylation is 1. The summed E-state index contributed by atoms with van der Waals surface area (Å²) in [6.07, 6.45) is -1.90. The van der Waals surface area contributed by atoms with E-state index >= 15 is 4.39 Å². The van der Waals surface area contributed by atoms with Gasteiger partial charge in [-0.2, -0.15) is 22.0 Å². The molecule has 0 saturated heterocycles. The van der Waals surface area contributed by atoms with Crippen LogP contribution in [-0.4, -0.2) is 13.2 Å². The second-order valence-electron chi connectivity index (χ2n) is 8.81. The van der Waals surface area contributed by atoms with Crippen molar-refractivity contribution in [3.8, 4) is 0 Å². The van der Waals surface area contributed by atoms with E-state index in [0.29, 0.717) is 35.1 Å². The molecule has 2 aromatic rings. The van der Waals surface area contributed by atoms with Gasteiger partial charge in [-0.1, -0.05) is 36.4 Å². The molecule has 0 aliphatic heterocycles. The summed E-state index contributed by atoms with van der Waals surface area (Å²) in [5.74, 6) is -3.18. The molecule has 0 aromatic heterocycles. The zero-order chi connectivity index (χ0) is 25.4. The summed E-state index contributed by atoms with van der Waals surface area (Å²) < 4.78 is 86.1. The molecule has 1 N–H and O–H groups in total. The minimum atomic E-state index is -4.82. The third kappa shape index (κ3) is 5.87. The minimum absolute atomic E-state index is 0.132. The van der Waals surface area contributed by atoms with E-state index < -0.39 is 29.5 Å². The van der Waals surface area contributed by atoms with E-state index in [1.165, 1.54) is 18.2 Å². The third-order valence-electron chi connectivity index (χ3n) is 6.21. The predicted octanol–water partition coefficient (Wildman–Crippen LogP) is 8.70. The fourth-order valence-electron chi connectivity index (χ4n) is 3.82. The van der Waals surface area contributed by atoms with Gasteiger partial charge in [-0.3, -0.25) is 5.32 Å². The molecule has 184 valence electrons. The van der Waals surface area contributed by atoms with Gasteiger partial charge in [0, 0.05) is 16.1 Å². The molecule has 3 rings (SSSR count). The van der Waals surface area contributed by atoms with E-state index in [0.717, 1.165) is 32.0 Å². The number of nitrogens with one attached hydrogen (secondary N) is 1. The van der Waals surface area contributed by atoms with Gasteiger partial charge in [-0.25, -0.2) is 4.39 Å². The van der Waals surface area contributed by atoms with Crippen LogP contribution in [0.5, 0.6) is 0 Å². The highest BCUT2D eigenvalue weighted by atomic mass is 35.5. The highest BCUT2D eigenvalue weighted by Gasteiger charge is 2.40. The highest BCUT2D eigenvalue weighted by Crippen LogP contribution is 2.43. The Labute approximate surface area is 200 Å². The van der Waals surface area contributed by atoms with Crippen LogP contribution in [0.25, 0.3) is 11.4 Å². The van der Waals surface area contributed by atoms with Crippen molar-refractivity contribution in [1.82, 2.24) is 5.32 Å². The Kier molecular flexibility index (Phi) is 7.58. The van der Waals surface area contributed by atoms with Crippen LogP contribution in [0.3, 0.4) is 0 Å². The second-order valence-corrected chi connectivity index (χ2v) is 9.22. The van der Waals surface area contributed by atoms with Crippen molar-refractivity contribution in [1.29, 1.82) is 0 Å². The van der Waals surface area contributed by atoms with Crippen LogP contribution in [0, 0.1) is 19.8 Å². The van der Waals surface area contributed by atoms with Crippen LogP contribution in [-0.2, 0) is 6.05 Å². The van der Waals surface area contributed by atoms with E-state index in [4.69, 9.17) is 11.6 Å². The fraction of sp³-hybridized carbons (Fsp3) is 0.385. The van der Waals surface area contributed by atoms with E-state index in [9.17, 15) is 22.0 Å². The molecule has 1 saturated carbocycles. The lowest BCUT2D eigenvalue weighted by atomic mass is 9.91. The Balaban J connectivity index is 2.07. The van der Waals surface area contributed by atoms with Crippen LogP contribution in [0.1, 0.15) is 58.6 Å². The Morgan fingerprint density at radius 3 is 2.32 bits per heavy atom. The van der Waals surface area contributed by atoms with Crippen LogP contribution in [0.4, 0.5) is 26.3 Å². The summed E-state index contributed by atoms with van der Waals surface area (Å²) in [4.78, 5) is 0. The topological polar surface area (TPSA) is 12.0 Å². The van der Waals surface area contributed by atoms with Crippen molar-refractivity contribution < 1.29 is 26.3 Å². The van der Waals surface area contributed by atoms with Gasteiger partial charge < -0.3 is 0 Å². The first kappa shape index (κ1) is 26.4. The van der Waals surface area contributed by atoms with E-state index in [-0.39, 0.29) is 21.7 Å². The monoisotopic (exact) mass is 501 g/mol. The second kappa shape index (κ2) is 9.78. The SMILES string of the molecule is C=C(CC1CC1)c1ccc(/C(F)=C/C(c2cc(C)c(C)c(Cl)c2)C(F)(F)F)cc1C(F)(F)NC. The standard InChI is InChI=1S/C26H26ClF6N/c1-14-10-19(12-23(27)16(14)3)21(25(29,30)31)13-24(28)18-7-8-20(15(2)9-17-5-6-17)22(11-18)26(32,33)34-4/h7-8,10-13,17,21,34H,2,5-6,9H2,1,3-4H3/b24-13-. The van der Waals surface area contributed by atoms with Gasteiger partial charge in [0.2, 0.25) is 0 Å². The first-order valence-corrected chi connectivity index (χ1v) is 11.2. The summed E-state index contributed by atoms with van der Waals surface area (Å²) >= 11 is 6.06. The quantitative estimate of drug-likeness (QED) is 0.282. The Bertz CT molecular complexity index is 1090. The summed E-state index contributed by atoms with van der Waals surface area (Å²) in [7, 11) is 1.05. The molecule has 0 amide bonds. The molecule has 1 aliphatic rings. The molecule has 0 heterocycles. The molecule has 0 bridgehead atoms. The number of benzene rings is 2. The number of alkyl halides is 5. The summed E-state index contributed by atoms with van der Waals surface area (Å²) in [5.41, 5.74) is 0.664. The number of hydrogen-bond acceptors (Lipinski definition) is 1. The average Bonchev–Trinajstić information content (AvgIpc) is 3.58. The third-order valence-corrected chi connectivity index (χ3v) is 6.60. The van der Waals surface area contributed by atoms with Crippen molar-refractivity contribution in [2.45, 2.75) is 51.3 Å². The average molecular weight is 502 g/mol. The van der Waals surface area contributed by atoms with E-state index in [1.807, 2.05) is 5.32 Å². The largest absolute Gasteiger partial charge is 0.399 e. The molecule has 0 radical (unpaired) electrons. The molecule has 2 aromatic carbocycles. The number of halogens is 7. The van der Waals surface area contributed by atoms with Crippen molar-refractivity contribution >= 4 is 23.0 Å². The maximum absolute atomic E-state index is 15.1. The molecule has 1 atom stereocenters. The van der Waals surface area contributed by atoms with Crippen LogP contribution < -0.4 is 5.32 Å². The van der Waals surface area contributed by atoms with Gasteiger partial charge >= 0.3 is 12.2 Å². The zero-order valence-corrected chi connectivity index (χ0v) is 19.8. The normalized spacial score (nSPS) is 16.0. The molecule has 1 aliphatic carbocycles. The zero-order valence-electron chi connectivity index (χ0n) is 19.1. The molecule has 1 nitrogen and oxygen atoms in total. The van der Waals surface area contributed by atoms with Gasteiger partial charge in [0.1, 0.15) is 11.7 Å². The van der Waals surface area contributed by atoms with E-state index in [1.54, 1.807) is 13.8 Å². The fourth-order valence-corrected chi connectivity index (χ4v) is 4.10. The molecule has 0 spiro atoms. The van der Waals surface area contributed by atoms with Gasteiger partial charge in [0.05, 0.1) is 0 Å². The minimum Gasteiger partial charge on any atom is -0.257 e. The van der Waals surface area contributed by atoms with Crippen molar-refractivity contribution in [3.05, 3.63) is 81.4 Å². The number of allylic oxidation sites excluding steroid dienone is 2. The van der Waals surface area contributed by atoms with Crippen molar-refractivity contribution in [3.63, 3.8) is 0 Å². The van der Waals surface area contributed by atoms with Crippen molar-refractivity contribution in [2.75, 3.05) is 7.05 Å². The predicted molar refractivity (Wildman–Crippen MR) is 125 cm³/mol. The van der Waals surface area contributed by atoms with Gasteiger partial charge in [-0.15, -0.1) is 0 Å². The van der Waals surface area contributed by atoms with Gasteiger partial charge in [0.15, 0.2) is 0 Å². The van der Waals surface area contributed by atoms with Crippen molar-refractivity contribution in [2.24, 2.45) is 5.92 Å². The molecule has 1 fully saturated rings. The molecule has 1 unspecified atom stereocenters. The first-order chi connectivity index (χ1) is 15.7. The Morgan fingerprint density at radius 2 is 1.79 bits per heavy atom. The molecule has 8 heteroatoms. The Morgan fingerprint density at radius 1 is 1.15 bits per heavy atom. The maximum Gasteiger partial charge on any atom is 0.399 e. The lowest BCUT2D eigenvalue weighted by Gasteiger charge is -2.22. The summed E-state index contributed by atoms with van der Waals surface area (Å²) in [5, 5.41) is 2.02. The lowest BCUT2D eigenvalue weighted by Crippen LogP contribution is -2.31. The maximum atomic E-state index is 15.1. The lowest BCUT2D eigenvalue weighted by molar-refractivity contribution is -0.139.